The molecule has 0 bridgehead atoms. The van der Waals surface area contributed by atoms with Crippen LogP contribution >= 0.6 is 0 Å². The van der Waals surface area contributed by atoms with Crippen molar-refractivity contribution in [3.05, 3.63) is 102 Å². The van der Waals surface area contributed by atoms with Gasteiger partial charge in [-0.05, 0) is 67.4 Å². The van der Waals surface area contributed by atoms with E-state index in [-0.39, 0.29) is 5.57 Å². The molecule has 0 unspecified atom stereocenters. The number of ether oxygens (including phenoxy) is 3. The van der Waals surface area contributed by atoms with Crippen molar-refractivity contribution in [2.24, 2.45) is 0 Å². The molecule has 1 saturated heterocycles. The van der Waals surface area contributed by atoms with Gasteiger partial charge < -0.3 is 14.2 Å². The van der Waals surface area contributed by atoms with E-state index in [1.54, 1.807) is 48.5 Å². The third kappa shape index (κ3) is 6.10. The second-order valence-corrected chi connectivity index (χ2v) is 8.46. The number of amides is 4. The average Bonchev–Trinajstić information content (AvgIpc) is 2.91. The molecule has 0 saturated carbocycles. The molecule has 1 aliphatic rings. The SMILES string of the molecule is C=CCOc1ccc(/C=C2\C(=O)NC(=O)N(c3ccc(OCc4ccc(C)cc4)cc3)C2=O)cc1OCC. The molecule has 38 heavy (non-hydrogen) atoms. The fourth-order valence-corrected chi connectivity index (χ4v) is 3.75. The van der Waals surface area contributed by atoms with Crippen LogP contribution in [0.4, 0.5) is 10.5 Å². The molecule has 4 amide bonds. The van der Waals surface area contributed by atoms with E-state index >= 15 is 0 Å². The molecule has 3 aromatic rings. The zero-order valence-electron chi connectivity index (χ0n) is 21.2. The third-order valence-electron chi connectivity index (χ3n) is 5.66. The maximum absolute atomic E-state index is 13.3. The van der Waals surface area contributed by atoms with Crippen LogP contribution in [-0.4, -0.2) is 31.1 Å². The van der Waals surface area contributed by atoms with Gasteiger partial charge in [0.2, 0.25) is 0 Å². The van der Waals surface area contributed by atoms with Gasteiger partial charge in [-0.2, -0.15) is 0 Å². The zero-order chi connectivity index (χ0) is 27.1. The maximum Gasteiger partial charge on any atom is 0.335 e. The summed E-state index contributed by atoms with van der Waals surface area (Å²) in [6.07, 6.45) is 3.03. The van der Waals surface area contributed by atoms with E-state index in [2.05, 4.69) is 11.9 Å². The lowest BCUT2D eigenvalue weighted by molar-refractivity contribution is -0.122. The van der Waals surface area contributed by atoms with Gasteiger partial charge in [0.15, 0.2) is 11.5 Å². The summed E-state index contributed by atoms with van der Waals surface area (Å²) in [6, 6.07) is 18.7. The van der Waals surface area contributed by atoms with Crippen molar-refractivity contribution in [2.45, 2.75) is 20.5 Å². The van der Waals surface area contributed by atoms with Crippen LogP contribution in [0, 0.1) is 6.92 Å². The molecular formula is C30H28N2O6. The minimum Gasteiger partial charge on any atom is -0.490 e. The molecule has 0 aromatic heterocycles. The Bertz CT molecular complexity index is 1380. The number of nitrogens with one attached hydrogen (secondary N) is 1. The first kappa shape index (κ1) is 26.2. The summed E-state index contributed by atoms with van der Waals surface area (Å²) in [6.45, 7) is 8.57. The second kappa shape index (κ2) is 11.9. The Labute approximate surface area is 221 Å². The van der Waals surface area contributed by atoms with Crippen LogP contribution in [0.25, 0.3) is 6.08 Å². The van der Waals surface area contributed by atoms with Crippen LogP contribution in [0.1, 0.15) is 23.6 Å². The third-order valence-corrected chi connectivity index (χ3v) is 5.66. The Hall–Kier alpha value is -4.85. The van der Waals surface area contributed by atoms with Crippen LogP contribution in [0.3, 0.4) is 0 Å². The number of barbiturate groups is 1. The van der Waals surface area contributed by atoms with Gasteiger partial charge in [0.05, 0.1) is 12.3 Å². The van der Waals surface area contributed by atoms with Crippen molar-refractivity contribution in [1.29, 1.82) is 0 Å². The Balaban J connectivity index is 1.53. The summed E-state index contributed by atoms with van der Waals surface area (Å²) in [5.74, 6) is 0.0286. The standard InChI is InChI=1S/C30H28N2O6/c1-4-16-37-26-15-10-22(18-27(26)36-5-2)17-25-28(33)31-30(35)32(29(25)34)23-11-13-24(14-12-23)38-19-21-8-6-20(3)7-9-21/h4,6-15,17-18H,1,5,16,19H2,2-3H3,(H,31,33,35)/b25-17+. The molecule has 1 fully saturated rings. The smallest absolute Gasteiger partial charge is 0.335 e. The fourth-order valence-electron chi connectivity index (χ4n) is 3.75. The van der Waals surface area contributed by atoms with Crippen molar-refractivity contribution >= 4 is 29.6 Å². The van der Waals surface area contributed by atoms with E-state index in [0.717, 1.165) is 10.5 Å². The lowest BCUT2D eigenvalue weighted by atomic mass is 10.1. The Kier molecular flexibility index (Phi) is 8.23. The number of carbonyl (C=O) groups is 3. The number of anilines is 1. The number of imide groups is 2. The van der Waals surface area contributed by atoms with Gasteiger partial charge in [0, 0.05) is 0 Å². The number of rotatable bonds is 10. The Morgan fingerprint density at radius 3 is 2.32 bits per heavy atom. The quantitative estimate of drug-likeness (QED) is 0.228. The monoisotopic (exact) mass is 512 g/mol. The van der Waals surface area contributed by atoms with Crippen molar-refractivity contribution in [2.75, 3.05) is 18.1 Å². The normalized spacial score (nSPS) is 14.3. The molecule has 1 heterocycles. The van der Waals surface area contributed by atoms with Gasteiger partial charge in [-0.1, -0.05) is 48.6 Å². The van der Waals surface area contributed by atoms with Gasteiger partial charge in [-0.25, -0.2) is 9.69 Å². The lowest BCUT2D eigenvalue weighted by Crippen LogP contribution is -2.54. The predicted octanol–water partition coefficient (Wildman–Crippen LogP) is 5.20. The topological polar surface area (TPSA) is 94.2 Å². The first-order valence-corrected chi connectivity index (χ1v) is 12.1. The number of hydrogen-bond acceptors (Lipinski definition) is 6. The minimum absolute atomic E-state index is 0.188. The van der Waals surface area contributed by atoms with Gasteiger partial charge in [0.25, 0.3) is 11.8 Å². The number of urea groups is 1. The molecule has 1 aliphatic heterocycles. The lowest BCUT2D eigenvalue weighted by Gasteiger charge is -2.26. The number of nitrogens with zero attached hydrogens (tertiary/aromatic N) is 1. The van der Waals surface area contributed by atoms with E-state index in [4.69, 9.17) is 14.2 Å². The second-order valence-electron chi connectivity index (χ2n) is 8.46. The highest BCUT2D eigenvalue weighted by Crippen LogP contribution is 2.30. The largest absolute Gasteiger partial charge is 0.490 e. The summed E-state index contributed by atoms with van der Waals surface area (Å²) in [5.41, 5.74) is 2.83. The molecule has 194 valence electrons. The summed E-state index contributed by atoms with van der Waals surface area (Å²) < 4.78 is 17.1. The Morgan fingerprint density at radius 2 is 1.63 bits per heavy atom. The summed E-state index contributed by atoms with van der Waals surface area (Å²) in [4.78, 5) is 39.4. The molecule has 0 atom stereocenters. The fraction of sp³-hybridized carbons (Fsp3) is 0.167. The van der Waals surface area contributed by atoms with E-state index < -0.39 is 17.8 Å². The van der Waals surface area contributed by atoms with Crippen molar-refractivity contribution < 1.29 is 28.6 Å². The van der Waals surface area contributed by atoms with Crippen molar-refractivity contribution in [3.8, 4) is 17.2 Å². The van der Waals surface area contributed by atoms with Gasteiger partial charge in [-0.3, -0.25) is 14.9 Å². The molecule has 0 aliphatic carbocycles. The molecule has 1 N–H and O–H groups in total. The van der Waals surface area contributed by atoms with Crippen LogP contribution in [0.2, 0.25) is 0 Å². The molecular weight excluding hydrogens is 484 g/mol. The molecule has 3 aromatic carbocycles. The summed E-state index contributed by atoms with van der Waals surface area (Å²) >= 11 is 0. The highest BCUT2D eigenvalue weighted by atomic mass is 16.5. The summed E-state index contributed by atoms with van der Waals surface area (Å²) in [5, 5.41) is 2.23. The van der Waals surface area contributed by atoms with E-state index in [9.17, 15) is 14.4 Å². The Morgan fingerprint density at radius 1 is 0.895 bits per heavy atom. The summed E-state index contributed by atoms with van der Waals surface area (Å²) in [7, 11) is 0. The van der Waals surface area contributed by atoms with Gasteiger partial charge in [-0.15, -0.1) is 0 Å². The molecule has 0 spiro atoms. The number of hydrogen-bond donors (Lipinski definition) is 1. The number of aryl methyl sites for hydroxylation is 1. The van der Waals surface area contributed by atoms with Crippen molar-refractivity contribution in [3.63, 3.8) is 0 Å². The maximum atomic E-state index is 13.3. The zero-order valence-corrected chi connectivity index (χ0v) is 21.2. The molecule has 8 nitrogen and oxygen atoms in total. The first-order valence-electron chi connectivity index (χ1n) is 12.1. The number of carbonyl (C=O) groups excluding carboxylic acids is 3. The van der Waals surface area contributed by atoms with Gasteiger partial charge in [0.1, 0.15) is 24.5 Å². The van der Waals surface area contributed by atoms with E-state index in [1.165, 1.54) is 11.6 Å². The van der Waals surface area contributed by atoms with E-state index in [0.29, 0.717) is 48.3 Å². The first-order chi connectivity index (χ1) is 18.4. The predicted molar refractivity (Wildman–Crippen MR) is 144 cm³/mol. The molecule has 4 rings (SSSR count). The van der Waals surface area contributed by atoms with Crippen LogP contribution < -0.4 is 24.4 Å². The average molecular weight is 513 g/mol. The number of benzene rings is 3. The minimum atomic E-state index is -0.825. The van der Waals surface area contributed by atoms with Crippen LogP contribution in [0.5, 0.6) is 17.2 Å². The van der Waals surface area contributed by atoms with Crippen molar-refractivity contribution in [1.82, 2.24) is 5.32 Å². The van der Waals surface area contributed by atoms with E-state index in [1.807, 2.05) is 38.1 Å². The van der Waals surface area contributed by atoms with Crippen LogP contribution in [-0.2, 0) is 16.2 Å². The highest BCUT2D eigenvalue weighted by Gasteiger charge is 2.36. The molecule has 0 radical (unpaired) electrons. The highest BCUT2D eigenvalue weighted by molar-refractivity contribution is 6.39. The van der Waals surface area contributed by atoms with Crippen LogP contribution in [0.15, 0.2) is 85.0 Å². The molecule has 8 heteroatoms. The van der Waals surface area contributed by atoms with Gasteiger partial charge >= 0.3 is 6.03 Å².